The molecule has 0 saturated carbocycles. The van der Waals surface area contributed by atoms with E-state index in [1.807, 2.05) is 26.0 Å². The number of rotatable bonds is 5. The maximum atomic E-state index is 12.2. The first-order valence-electron chi connectivity index (χ1n) is 8.78. The fourth-order valence-corrected chi connectivity index (χ4v) is 2.89. The number of hydrogen-bond acceptors (Lipinski definition) is 2. The van der Waals surface area contributed by atoms with Crippen LogP contribution in [-0.2, 0) is 10.2 Å². The van der Waals surface area contributed by atoms with E-state index >= 15 is 0 Å². The van der Waals surface area contributed by atoms with E-state index in [0.717, 1.165) is 22.6 Å². The van der Waals surface area contributed by atoms with E-state index in [1.165, 1.54) is 11.1 Å². The molecule has 0 bridgehead atoms. The van der Waals surface area contributed by atoms with Crippen molar-refractivity contribution in [3.05, 3.63) is 58.7 Å². The van der Waals surface area contributed by atoms with Gasteiger partial charge in [-0.1, -0.05) is 50.6 Å². The lowest BCUT2D eigenvalue weighted by Gasteiger charge is -2.19. The third-order valence-electron chi connectivity index (χ3n) is 4.26. The number of nitrogens with one attached hydrogen (secondary N) is 1. The van der Waals surface area contributed by atoms with E-state index in [1.54, 1.807) is 0 Å². The Balaban J connectivity index is 1.87. The topological polar surface area (TPSA) is 38.3 Å². The van der Waals surface area contributed by atoms with Crippen LogP contribution in [0.1, 0.15) is 49.4 Å². The summed E-state index contributed by atoms with van der Waals surface area (Å²) in [6.45, 7) is 13.0. The largest absolute Gasteiger partial charge is 0.493 e. The zero-order valence-corrected chi connectivity index (χ0v) is 16.2. The minimum absolute atomic E-state index is 0.0265. The van der Waals surface area contributed by atoms with E-state index in [9.17, 15) is 4.79 Å². The lowest BCUT2D eigenvalue weighted by molar-refractivity contribution is -0.116. The number of benzene rings is 2. The molecule has 0 saturated heterocycles. The van der Waals surface area contributed by atoms with Crippen LogP contribution in [0.2, 0.25) is 0 Å². The van der Waals surface area contributed by atoms with Crippen molar-refractivity contribution >= 4 is 11.6 Å². The summed E-state index contributed by atoms with van der Waals surface area (Å²) in [7, 11) is 0. The third-order valence-corrected chi connectivity index (χ3v) is 4.26. The number of hydrogen-bond donors (Lipinski definition) is 1. The first-order valence-corrected chi connectivity index (χ1v) is 8.78. The first kappa shape index (κ1) is 19.0. The van der Waals surface area contributed by atoms with Crippen molar-refractivity contribution in [3.8, 4) is 5.75 Å². The molecular weight excluding hydrogens is 310 g/mol. The summed E-state index contributed by atoms with van der Waals surface area (Å²) in [4.78, 5) is 12.2. The van der Waals surface area contributed by atoms with Gasteiger partial charge in [-0.15, -0.1) is 0 Å². The fraction of sp³-hybridized carbons (Fsp3) is 0.409. The normalized spacial score (nSPS) is 11.3. The van der Waals surface area contributed by atoms with E-state index in [-0.39, 0.29) is 11.3 Å². The minimum Gasteiger partial charge on any atom is -0.493 e. The molecule has 0 spiro atoms. The van der Waals surface area contributed by atoms with Gasteiger partial charge in [0.25, 0.3) is 0 Å². The van der Waals surface area contributed by atoms with Gasteiger partial charge in [0.1, 0.15) is 5.75 Å². The highest BCUT2D eigenvalue weighted by molar-refractivity contribution is 5.92. The Morgan fingerprint density at radius 1 is 1.00 bits per heavy atom. The molecule has 0 aliphatic heterocycles. The van der Waals surface area contributed by atoms with Crippen molar-refractivity contribution in [3.63, 3.8) is 0 Å². The molecule has 0 unspecified atom stereocenters. The van der Waals surface area contributed by atoms with Crippen molar-refractivity contribution in [1.82, 2.24) is 0 Å². The minimum atomic E-state index is -0.0265. The molecule has 1 N–H and O–H groups in total. The maximum absolute atomic E-state index is 12.2. The van der Waals surface area contributed by atoms with Crippen LogP contribution in [-0.4, -0.2) is 12.5 Å². The monoisotopic (exact) mass is 339 g/mol. The molecule has 2 rings (SSSR count). The maximum Gasteiger partial charge on any atom is 0.227 e. The molecule has 134 valence electrons. The predicted molar refractivity (Wildman–Crippen MR) is 105 cm³/mol. The van der Waals surface area contributed by atoms with Crippen LogP contribution in [0.4, 0.5) is 5.69 Å². The molecule has 0 heterocycles. The number of carbonyl (C=O) groups is 1. The van der Waals surface area contributed by atoms with Gasteiger partial charge >= 0.3 is 0 Å². The van der Waals surface area contributed by atoms with Crippen LogP contribution in [0, 0.1) is 20.8 Å². The van der Waals surface area contributed by atoms with Gasteiger partial charge in [-0.3, -0.25) is 4.79 Å². The molecule has 3 nitrogen and oxygen atoms in total. The number of amides is 1. The molecule has 2 aromatic rings. The zero-order valence-electron chi connectivity index (χ0n) is 16.2. The first-order chi connectivity index (χ1) is 11.7. The van der Waals surface area contributed by atoms with Gasteiger partial charge in [0.05, 0.1) is 13.0 Å². The Labute approximate surface area is 151 Å². The van der Waals surface area contributed by atoms with E-state index in [0.29, 0.717) is 13.0 Å². The van der Waals surface area contributed by atoms with Gasteiger partial charge in [0, 0.05) is 5.69 Å². The average Bonchev–Trinajstić information content (AvgIpc) is 2.50. The second-order valence-corrected chi connectivity index (χ2v) is 7.69. The van der Waals surface area contributed by atoms with Crippen LogP contribution in [0.15, 0.2) is 36.4 Å². The SMILES string of the molecule is Cc1cc(C)c(NC(=O)CCOc2ccc(C(C)(C)C)cc2)c(C)c1. The molecule has 0 aromatic heterocycles. The van der Waals surface area contributed by atoms with E-state index in [4.69, 9.17) is 4.74 Å². The molecule has 0 radical (unpaired) electrons. The summed E-state index contributed by atoms with van der Waals surface area (Å²) < 4.78 is 5.70. The molecule has 2 aromatic carbocycles. The Morgan fingerprint density at radius 2 is 1.56 bits per heavy atom. The number of ether oxygens (including phenoxy) is 1. The molecule has 3 heteroatoms. The lowest BCUT2D eigenvalue weighted by Crippen LogP contribution is -2.16. The van der Waals surface area contributed by atoms with E-state index in [2.05, 4.69) is 57.3 Å². The molecule has 1 amide bonds. The van der Waals surface area contributed by atoms with Crippen molar-refractivity contribution in [1.29, 1.82) is 0 Å². The zero-order chi connectivity index (χ0) is 18.6. The summed E-state index contributed by atoms with van der Waals surface area (Å²) in [5.74, 6) is 0.768. The van der Waals surface area contributed by atoms with Crippen molar-refractivity contribution in [2.24, 2.45) is 0 Å². The fourth-order valence-electron chi connectivity index (χ4n) is 2.89. The van der Waals surface area contributed by atoms with Gasteiger partial charge in [0.2, 0.25) is 5.91 Å². The molecule has 0 aliphatic rings. The van der Waals surface area contributed by atoms with Gasteiger partial charge in [-0.05, 0) is 55.0 Å². The second kappa shape index (κ2) is 7.73. The van der Waals surface area contributed by atoms with Crippen LogP contribution >= 0.6 is 0 Å². The molecule has 0 fully saturated rings. The highest BCUT2D eigenvalue weighted by Gasteiger charge is 2.13. The highest BCUT2D eigenvalue weighted by atomic mass is 16.5. The summed E-state index contributed by atoms with van der Waals surface area (Å²) in [5, 5.41) is 3.00. The van der Waals surface area contributed by atoms with Crippen molar-refractivity contribution < 1.29 is 9.53 Å². The smallest absolute Gasteiger partial charge is 0.227 e. The quantitative estimate of drug-likeness (QED) is 0.801. The van der Waals surface area contributed by atoms with Crippen LogP contribution in [0.25, 0.3) is 0 Å². The second-order valence-electron chi connectivity index (χ2n) is 7.69. The summed E-state index contributed by atoms with van der Waals surface area (Å²) in [6.07, 6.45) is 0.327. The Kier molecular flexibility index (Phi) is 5.89. The van der Waals surface area contributed by atoms with Gasteiger partial charge < -0.3 is 10.1 Å². The van der Waals surface area contributed by atoms with Crippen LogP contribution in [0.5, 0.6) is 5.75 Å². The van der Waals surface area contributed by atoms with E-state index < -0.39 is 0 Å². The molecule has 25 heavy (non-hydrogen) atoms. The van der Waals surface area contributed by atoms with Gasteiger partial charge in [-0.2, -0.15) is 0 Å². The van der Waals surface area contributed by atoms with Crippen molar-refractivity contribution in [2.45, 2.75) is 53.4 Å². The number of carbonyl (C=O) groups excluding carboxylic acids is 1. The molecular formula is C22H29NO2. The lowest BCUT2D eigenvalue weighted by atomic mass is 9.87. The Bertz CT molecular complexity index is 717. The molecule has 0 aliphatic carbocycles. The Morgan fingerprint density at radius 3 is 2.08 bits per heavy atom. The average molecular weight is 339 g/mol. The Hall–Kier alpha value is -2.29. The number of aryl methyl sites for hydroxylation is 3. The predicted octanol–water partition coefficient (Wildman–Crippen LogP) is 5.32. The van der Waals surface area contributed by atoms with Gasteiger partial charge in [0.15, 0.2) is 0 Å². The summed E-state index contributed by atoms with van der Waals surface area (Å²) in [5.41, 5.74) is 5.68. The number of anilines is 1. The molecule has 0 atom stereocenters. The highest BCUT2D eigenvalue weighted by Crippen LogP contribution is 2.24. The van der Waals surface area contributed by atoms with Crippen molar-refractivity contribution in [2.75, 3.05) is 11.9 Å². The third kappa shape index (κ3) is 5.35. The van der Waals surface area contributed by atoms with Crippen LogP contribution < -0.4 is 10.1 Å². The standard InChI is InChI=1S/C22H29NO2/c1-15-13-16(2)21(17(3)14-15)23-20(24)11-12-25-19-9-7-18(8-10-19)22(4,5)6/h7-10,13-14H,11-12H2,1-6H3,(H,23,24). The van der Waals surface area contributed by atoms with Gasteiger partial charge in [-0.25, -0.2) is 0 Å². The summed E-state index contributed by atoms with van der Waals surface area (Å²) >= 11 is 0. The summed E-state index contributed by atoms with van der Waals surface area (Å²) in [6, 6.07) is 12.2. The van der Waals surface area contributed by atoms with Crippen LogP contribution in [0.3, 0.4) is 0 Å².